The van der Waals surface area contributed by atoms with Gasteiger partial charge in [0, 0.05) is 12.5 Å². The fourth-order valence-electron chi connectivity index (χ4n) is 2.92. The highest BCUT2D eigenvalue weighted by molar-refractivity contribution is 5.97. The maximum atomic E-state index is 12.5. The SMILES string of the molecule is O=C1O[C@@H]2C[C@@H]1N(C(=O)c1cc(=O)c3ccccc3o1)C2. The lowest BCUT2D eigenvalue weighted by Gasteiger charge is -2.25. The summed E-state index contributed by atoms with van der Waals surface area (Å²) in [6, 6.07) is 7.37. The monoisotopic (exact) mass is 285 g/mol. The van der Waals surface area contributed by atoms with Crippen LogP contribution in [0.25, 0.3) is 11.0 Å². The van der Waals surface area contributed by atoms with E-state index in [2.05, 4.69) is 0 Å². The predicted molar refractivity (Wildman–Crippen MR) is 71.8 cm³/mol. The zero-order valence-corrected chi connectivity index (χ0v) is 10.9. The maximum absolute atomic E-state index is 12.5. The van der Waals surface area contributed by atoms with Crippen molar-refractivity contribution < 1.29 is 18.7 Å². The van der Waals surface area contributed by atoms with Crippen LogP contribution in [0, 0.1) is 0 Å². The number of hydrogen-bond donors (Lipinski definition) is 0. The van der Waals surface area contributed by atoms with Crippen molar-refractivity contribution in [1.82, 2.24) is 4.90 Å². The smallest absolute Gasteiger partial charge is 0.329 e. The third kappa shape index (κ3) is 1.75. The van der Waals surface area contributed by atoms with Crippen LogP contribution in [0.1, 0.15) is 17.0 Å². The molecule has 0 aliphatic carbocycles. The molecule has 1 amide bonds. The van der Waals surface area contributed by atoms with Crippen molar-refractivity contribution in [3.05, 3.63) is 46.3 Å². The molecule has 2 aliphatic heterocycles. The Kier molecular flexibility index (Phi) is 2.42. The number of likely N-dealkylation sites (tertiary alicyclic amines) is 1. The predicted octanol–water partition coefficient (Wildman–Crippen LogP) is 0.933. The molecule has 21 heavy (non-hydrogen) atoms. The first kappa shape index (κ1) is 12.1. The van der Waals surface area contributed by atoms with Gasteiger partial charge in [-0.1, -0.05) is 12.1 Å². The Morgan fingerprint density at radius 3 is 2.81 bits per heavy atom. The lowest BCUT2D eigenvalue weighted by molar-refractivity contribution is -0.149. The number of benzene rings is 1. The summed E-state index contributed by atoms with van der Waals surface area (Å²) in [5.41, 5.74) is 0.0902. The number of ether oxygens (including phenoxy) is 1. The first-order valence-corrected chi connectivity index (χ1v) is 6.68. The Morgan fingerprint density at radius 1 is 1.24 bits per heavy atom. The number of carbonyl (C=O) groups is 2. The van der Waals surface area contributed by atoms with E-state index < -0.39 is 11.9 Å². The van der Waals surface area contributed by atoms with Gasteiger partial charge in [0.25, 0.3) is 5.91 Å². The van der Waals surface area contributed by atoms with Crippen molar-refractivity contribution in [3.8, 4) is 0 Å². The van der Waals surface area contributed by atoms with Crippen LogP contribution in [0.3, 0.4) is 0 Å². The molecule has 2 atom stereocenters. The molecular formula is C15H11NO5. The molecule has 6 heteroatoms. The number of amides is 1. The van der Waals surface area contributed by atoms with Crippen molar-refractivity contribution in [2.24, 2.45) is 0 Å². The Bertz CT molecular complexity index is 824. The molecule has 1 aromatic carbocycles. The second kappa shape index (κ2) is 4.18. The van der Waals surface area contributed by atoms with Gasteiger partial charge in [-0.3, -0.25) is 9.59 Å². The van der Waals surface area contributed by atoms with Crippen molar-refractivity contribution >= 4 is 22.8 Å². The highest BCUT2D eigenvalue weighted by atomic mass is 16.6. The van der Waals surface area contributed by atoms with Gasteiger partial charge in [0.2, 0.25) is 0 Å². The summed E-state index contributed by atoms with van der Waals surface area (Å²) in [6.07, 6.45) is 0.279. The van der Waals surface area contributed by atoms with Crippen molar-refractivity contribution in [1.29, 1.82) is 0 Å². The Hall–Kier alpha value is -2.63. The lowest BCUT2D eigenvalue weighted by atomic mass is 10.2. The van der Waals surface area contributed by atoms with Gasteiger partial charge in [0.15, 0.2) is 11.2 Å². The van der Waals surface area contributed by atoms with E-state index in [0.717, 1.165) is 0 Å². The lowest BCUT2D eigenvalue weighted by Crippen LogP contribution is -2.44. The second-order valence-electron chi connectivity index (χ2n) is 5.24. The van der Waals surface area contributed by atoms with Gasteiger partial charge < -0.3 is 14.1 Å². The van der Waals surface area contributed by atoms with Gasteiger partial charge in [0.05, 0.1) is 11.9 Å². The zero-order chi connectivity index (χ0) is 14.6. The summed E-state index contributed by atoms with van der Waals surface area (Å²) in [4.78, 5) is 37.5. The molecule has 2 saturated heterocycles. The molecule has 0 spiro atoms. The first-order chi connectivity index (χ1) is 10.1. The number of morpholine rings is 1. The highest BCUT2D eigenvalue weighted by Gasteiger charge is 2.49. The molecule has 6 nitrogen and oxygen atoms in total. The third-order valence-corrected chi connectivity index (χ3v) is 3.92. The van der Waals surface area contributed by atoms with E-state index in [4.69, 9.17) is 9.15 Å². The van der Waals surface area contributed by atoms with E-state index in [1.165, 1.54) is 11.0 Å². The minimum atomic E-state index is -0.556. The quantitative estimate of drug-likeness (QED) is 0.729. The van der Waals surface area contributed by atoms with Crippen LogP contribution < -0.4 is 5.43 Å². The van der Waals surface area contributed by atoms with Crippen molar-refractivity contribution in [2.45, 2.75) is 18.6 Å². The number of nitrogens with zero attached hydrogens (tertiary/aromatic N) is 1. The van der Waals surface area contributed by atoms with Crippen molar-refractivity contribution in [2.75, 3.05) is 6.54 Å². The number of para-hydroxylation sites is 1. The van der Waals surface area contributed by atoms with Gasteiger partial charge in [-0.15, -0.1) is 0 Å². The number of rotatable bonds is 1. The summed E-state index contributed by atoms with van der Waals surface area (Å²) in [5.74, 6) is -0.871. The molecule has 0 radical (unpaired) electrons. The van der Waals surface area contributed by atoms with Gasteiger partial charge in [0.1, 0.15) is 17.7 Å². The highest BCUT2D eigenvalue weighted by Crippen LogP contribution is 2.30. The molecule has 1 aromatic heterocycles. The van der Waals surface area contributed by atoms with Crippen LogP contribution in [0.2, 0.25) is 0 Å². The van der Waals surface area contributed by atoms with Crippen LogP contribution in [0.5, 0.6) is 0 Å². The first-order valence-electron chi connectivity index (χ1n) is 6.68. The summed E-state index contributed by atoms with van der Waals surface area (Å²) >= 11 is 0. The standard InChI is InChI=1S/C15H11NO5/c17-11-6-13(21-12-4-2-1-3-9(11)12)14(18)16-7-8-5-10(16)15(19)20-8/h1-4,6,8,10H,5,7H2/t8-,10+/m1/s1. The zero-order valence-electron chi connectivity index (χ0n) is 10.9. The Labute approximate surface area is 118 Å². The normalized spacial score (nSPS) is 23.6. The summed E-state index contributed by atoms with van der Waals surface area (Å²) < 4.78 is 10.6. The molecule has 3 heterocycles. The van der Waals surface area contributed by atoms with Crippen molar-refractivity contribution in [3.63, 3.8) is 0 Å². The Morgan fingerprint density at radius 2 is 2.05 bits per heavy atom. The fraction of sp³-hybridized carbons (Fsp3) is 0.267. The maximum Gasteiger partial charge on any atom is 0.329 e. The Balaban J connectivity index is 1.75. The van der Waals surface area contributed by atoms with Crippen LogP contribution in [-0.4, -0.2) is 35.5 Å². The minimum Gasteiger partial charge on any atom is -0.459 e. The summed E-state index contributed by atoms with van der Waals surface area (Å²) in [6.45, 7) is 0.353. The average Bonchev–Trinajstić information content (AvgIpc) is 3.05. The van der Waals surface area contributed by atoms with E-state index in [0.29, 0.717) is 23.9 Å². The van der Waals surface area contributed by atoms with Gasteiger partial charge in [-0.05, 0) is 12.1 Å². The number of fused-ring (bicyclic) bond motifs is 3. The van der Waals surface area contributed by atoms with E-state index >= 15 is 0 Å². The molecule has 0 unspecified atom stereocenters. The minimum absolute atomic E-state index is 0.0425. The molecule has 2 aliphatic rings. The molecule has 4 rings (SSSR count). The van der Waals surface area contributed by atoms with E-state index in [9.17, 15) is 14.4 Å². The van der Waals surface area contributed by atoms with Gasteiger partial charge in [-0.2, -0.15) is 0 Å². The van der Waals surface area contributed by atoms with Crippen LogP contribution in [0.15, 0.2) is 39.5 Å². The van der Waals surface area contributed by atoms with E-state index in [-0.39, 0.29) is 23.3 Å². The molecule has 0 N–H and O–H groups in total. The molecule has 0 saturated carbocycles. The largest absolute Gasteiger partial charge is 0.459 e. The van der Waals surface area contributed by atoms with Crippen LogP contribution in [-0.2, 0) is 9.53 Å². The van der Waals surface area contributed by atoms with Crippen LogP contribution in [0.4, 0.5) is 0 Å². The van der Waals surface area contributed by atoms with E-state index in [1.54, 1.807) is 24.3 Å². The average molecular weight is 285 g/mol. The number of esters is 1. The van der Waals surface area contributed by atoms with Gasteiger partial charge >= 0.3 is 5.97 Å². The molecule has 106 valence electrons. The number of hydrogen-bond acceptors (Lipinski definition) is 5. The second-order valence-corrected chi connectivity index (χ2v) is 5.24. The molecule has 2 aromatic rings. The summed E-state index contributed by atoms with van der Waals surface area (Å²) in [7, 11) is 0. The molecule has 2 bridgehead atoms. The van der Waals surface area contributed by atoms with E-state index in [1.807, 2.05) is 0 Å². The summed E-state index contributed by atoms with van der Waals surface area (Å²) in [5, 5.41) is 0.427. The number of carbonyl (C=O) groups excluding carboxylic acids is 2. The molecule has 2 fully saturated rings. The van der Waals surface area contributed by atoms with Gasteiger partial charge in [-0.25, -0.2) is 4.79 Å². The fourth-order valence-corrected chi connectivity index (χ4v) is 2.92. The third-order valence-electron chi connectivity index (χ3n) is 3.92. The molecular weight excluding hydrogens is 274 g/mol. The van der Waals surface area contributed by atoms with Crippen LogP contribution >= 0.6 is 0 Å². The topological polar surface area (TPSA) is 76.8 Å².